The summed E-state index contributed by atoms with van der Waals surface area (Å²) in [6.07, 6.45) is 9.25. The van der Waals surface area contributed by atoms with Gasteiger partial charge in [-0.1, -0.05) is 62.8 Å². The van der Waals surface area contributed by atoms with Crippen LogP contribution in [0.15, 0.2) is 54.8 Å². The van der Waals surface area contributed by atoms with Gasteiger partial charge in [0.05, 0.1) is 12.4 Å². The molecular weight excluding hydrogens is 272 g/mol. The molecule has 0 heterocycles. The SMILES string of the molecule is C=C/C(=C\C=C(/C)OCCCCC)c1ccc(C(C)=O)cc1. The van der Waals surface area contributed by atoms with Crippen LogP contribution in [0.25, 0.3) is 5.57 Å². The Morgan fingerprint density at radius 2 is 1.73 bits per heavy atom. The van der Waals surface area contributed by atoms with E-state index in [2.05, 4.69) is 13.5 Å². The third kappa shape index (κ3) is 6.13. The number of rotatable bonds is 9. The van der Waals surface area contributed by atoms with Gasteiger partial charge in [-0.3, -0.25) is 4.79 Å². The molecule has 0 radical (unpaired) electrons. The van der Waals surface area contributed by atoms with Gasteiger partial charge in [-0.25, -0.2) is 0 Å². The van der Waals surface area contributed by atoms with E-state index in [1.807, 2.05) is 49.4 Å². The van der Waals surface area contributed by atoms with Crippen molar-refractivity contribution < 1.29 is 9.53 Å². The van der Waals surface area contributed by atoms with Crippen LogP contribution < -0.4 is 0 Å². The first-order chi connectivity index (χ1) is 10.6. The van der Waals surface area contributed by atoms with E-state index < -0.39 is 0 Å². The normalized spacial score (nSPS) is 12.1. The van der Waals surface area contributed by atoms with Gasteiger partial charge in [0.15, 0.2) is 5.78 Å². The number of unbranched alkanes of at least 4 members (excludes halogenated alkanes) is 2. The maximum Gasteiger partial charge on any atom is 0.159 e. The molecule has 0 amide bonds. The van der Waals surface area contributed by atoms with Crippen LogP contribution in [-0.2, 0) is 4.74 Å². The summed E-state index contributed by atoms with van der Waals surface area (Å²) in [5.74, 6) is 0.975. The monoisotopic (exact) mass is 298 g/mol. The van der Waals surface area contributed by atoms with Gasteiger partial charge in [0.2, 0.25) is 0 Å². The van der Waals surface area contributed by atoms with Gasteiger partial charge in [-0.2, -0.15) is 0 Å². The molecule has 0 fully saturated rings. The Bertz CT molecular complexity index is 548. The Morgan fingerprint density at radius 1 is 1.09 bits per heavy atom. The second kappa shape index (κ2) is 9.78. The minimum Gasteiger partial charge on any atom is -0.498 e. The summed E-state index contributed by atoms with van der Waals surface area (Å²) in [4.78, 5) is 11.3. The van der Waals surface area contributed by atoms with Crippen molar-refractivity contribution in [1.82, 2.24) is 0 Å². The van der Waals surface area contributed by atoms with Crippen LogP contribution in [0.3, 0.4) is 0 Å². The highest BCUT2D eigenvalue weighted by atomic mass is 16.5. The third-order valence-electron chi connectivity index (χ3n) is 3.42. The Labute approximate surface area is 134 Å². The quantitative estimate of drug-likeness (QED) is 0.258. The van der Waals surface area contributed by atoms with E-state index in [-0.39, 0.29) is 5.78 Å². The fourth-order valence-corrected chi connectivity index (χ4v) is 2.02. The average Bonchev–Trinajstić information content (AvgIpc) is 2.52. The molecule has 1 rings (SSSR count). The Morgan fingerprint density at radius 3 is 2.27 bits per heavy atom. The first-order valence-corrected chi connectivity index (χ1v) is 7.83. The first kappa shape index (κ1) is 18.0. The minimum absolute atomic E-state index is 0.0758. The first-order valence-electron chi connectivity index (χ1n) is 7.83. The lowest BCUT2D eigenvalue weighted by Crippen LogP contribution is -1.92. The summed E-state index contributed by atoms with van der Waals surface area (Å²) in [6.45, 7) is 10.3. The van der Waals surface area contributed by atoms with Crippen molar-refractivity contribution in [3.8, 4) is 0 Å². The van der Waals surface area contributed by atoms with Crippen LogP contribution in [0.2, 0.25) is 0 Å². The van der Waals surface area contributed by atoms with Gasteiger partial charge in [-0.05, 0) is 37.5 Å². The van der Waals surface area contributed by atoms with Gasteiger partial charge < -0.3 is 4.74 Å². The second-order valence-electron chi connectivity index (χ2n) is 5.29. The highest BCUT2D eigenvalue weighted by Gasteiger charge is 2.01. The minimum atomic E-state index is 0.0758. The predicted octanol–water partition coefficient (Wildman–Crippen LogP) is 5.57. The Balaban J connectivity index is 2.73. The lowest BCUT2D eigenvalue weighted by Gasteiger charge is -2.06. The van der Waals surface area contributed by atoms with E-state index in [4.69, 9.17) is 4.74 Å². The molecule has 0 N–H and O–H groups in total. The zero-order valence-corrected chi connectivity index (χ0v) is 13.9. The van der Waals surface area contributed by atoms with E-state index in [0.717, 1.165) is 35.5 Å². The van der Waals surface area contributed by atoms with Crippen LogP contribution in [0.5, 0.6) is 0 Å². The van der Waals surface area contributed by atoms with Crippen LogP contribution in [0, 0.1) is 0 Å². The average molecular weight is 298 g/mol. The van der Waals surface area contributed by atoms with Crippen molar-refractivity contribution in [1.29, 1.82) is 0 Å². The third-order valence-corrected chi connectivity index (χ3v) is 3.42. The smallest absolute Gasteiger partial charge is 0.159 e. The van der Waals surface area contributed by atoms with Crippen molar-refractivity contribution in [3.63, 3.8) is 0 Å². The van der Waals surface area contributed by atoms with Crippen LogP contribution in [-0.4, -0.2) is 12.4 Å². The molecule has 0 atom stereocenters. The molecule has 0 spiro atoms. The predicted molar refractivity (Wildman–Crippen MR) is 93.9 cm³/mol. The zero-order chi connectivity index (χ0) is 16.4. The Hall–Kier alpha value is -2.09. The maximum absolute atomic E-state index is 11.3. The number of Topliss-reactive ketones (excluding diaryl/α,β-unsaturated/α-hetero) is 1. The number of hydrogen-bond acceptors (Lipinski definition) is 2. The standard InChI is InChI=1S/C20H26O2/c1-5-7-8-15-22-16(3)9-10-18(6-2)20-13-11-19(12-14-20)17(4)21/h6,9-14H,2,5,7-8,15H2,1,3-4H3/b16-9+,18-10+. The van der Waals surface area contributed by atoms with Crippen LogP contribution in [0.1, 0.15) is 56.0 Å². The van der Waals surface area contributed by atoms with Crippen molar-refractivity contribution in [3.05, 3.63) is 66.0 Å². The molecule has 0 aromatic heterocycles. The van der Waals surface area contributed by atoms with Crippen molar-refractivity contribution in [2.75, 3.05) is 6.61 Å². The fourth-order valence-electron chi connectivity index (χ4n) is 2.02. The van der Waals surface area contributed by atoms with Crippen molar-refractivity contribution in [2.45, 2.75) is 40.0 Å². The Kier molecular flexibility index (Phi) is 7.98. The number of allylic oxidation sites excluding steroid dienone is 5. The molecule has 0 bridgehead atoms. The fraction of sp³-hybridized carbons (Fsp3) is 0.350. The molecule has 0 unspecified atom stereocenters. The highest BCUT2D eigenvalue weighted by molar-refractivity contribution is 5.94. The molecule has 0 aliphatic rings. The van der Waals surface area contributed by atoms with E-state index in [9.17, 15) is 4.79 Å². The number of hydrogen-bond donors (Lipinski definition) is 0. The van der Waals surface area contributed by atoms with Gasteiger partial charge in [0.1, 0.15) is 0 Å². The molecule has 0 saturated carbocycles. The number of benzene rings is 1. The number of carbonyl (C=O) groups excluding carboxylic acids is 1. The summed E-state index contributed by atoms with van der Waals surface area (Å²) in [5, 5.41) is 0. The topological polar surface area (TPSA) is 26.3 Å². The van der Waals surface area contributed by atoms with E-state index in [1.54, 1.807) is 6.92 Å². The maximum atomic E-state index is 11.3. The van der Waals surface area contributed by atoms with Gasteiger partial charge in [0, 0.05) is 5.56 Å². The van der Waals surface area contributed by atoms with Gasteiger partial charge >= 0.3 is 0 Å². The van der Waals surface area contributed by atoms with E-state index >= 15 is 0 Å². The lowest BCUT2D eigenvalue weighted by atomic mass is 10.0. The summed E-state index contributed by atoms with van der Waals surface area (Å²) in [5.41, 5.74) is 2.76. The summed E-state index contributed by atoms with van der Waals surface area (Å²) in [6, 6.07) is 7.56. The molecule has 0 aliphatic carbocycles. The summed E-state index contributed by atoms with van der Waals surface area (Å²) < 4.78 is 5.66. The van der Waals surface area contributed by atoms with Crippen LogP contribution >= 0.6 is 0 Å². The summed E-state index contributed by atoms with van der Waals surface area (Å²) in [7, 11) is 0. The van der Waals surface area contributed by atoms with E-state index in [1.165, 1.54) is 12.8 Å². The molecule has 1 aromatic rings. The highest BCUT2D eigenvalue weighted by Crippen LogP contribution is 2.17. The van der Waals surface area contributed by atoms with Crippen LogP contribution in [0.4, 0.5) is 0 Å². The molecule has 2 heteroatoms. The van der Waals surface area contributed by atoms with Gasteiger partial charge in [-0.15, -0.1) is 0 Å². The number of ether oxygens (including phenoxy) is 1. The second-order valence-corrected chi connectivity index (χ2v) is 5.29. The summed E-state index contributed by atoms with van der Waals surface area (Å²) >= 11 is 0. The zero-order valence-electron chi connectivity index (χ0n) is 13.9. The number of carbonyl (C=O) groups is 1. The number of ketones is 1. The van der Waals surface area contributed by atoms with E-state index in [0.29, 0.717) is 0 Å². The largest absolute Gasteiger partial charge is 0.498 e. The molecule has 2 nitrogen and oxygen atoms in total. The molecule has 22 heavy (non-hydrogen) atoms. The molecular formula is C20H26O2. The molecule has 1 aromatic carbocycles. The van der Waals surface area contributed by atoms with Gasteiger partial charge in [0.25, 0.3) is 0 Å². The lowest BCUT2D eigenvalue weighted by molar-refractivity contribution is 0.101. The molecule has 0 saturated heterocycles. The van der Waals surface area contributed by atoms with Crippen molar-refractivity contribution in [2.24, 2.45) is 0 Å². The molecule has 118 valence electrons. The molecule has 0 aliphatic heterocycles. The van der Waals surface area contributed by atoms with Crippen molar-refractivity contribution >= 4 is 11.4 Å².